The fraction of sp³-hybridized carbons (Fsp3) is 0.273. The second-order valence-corrected chi connectivity index (χ2v) is 9.98. The molecule has 2 aromatic rings. The first kappa shape index (κ1) is 24.2. The third-order valence-electron chi connectivity index (χ3n) is 5.22. The first-order valence-electron chi connectivity index (χ1n) is 9.75. The van der Waals surface area contributed by atoms with Crippen LogP contribution >= 0.6 is 23.2 Å². The summed E-state index contributed by atoms with van der Waals surface area (Å²) in [5.74, 6) is -0.819. The van der Waals surface area contributed by atoms with Gasteiger partial charge < -0.3 is 5.32 Å². The van der Waals surface area contributed by atoms with Gasteiger partial charge in [0.25, 0.3) is 5.91 Å². The maximum atomic E-state index is 15.1. The lowest BCUT2D eigenvalue weighted by atomic mass is 9.93. The monoisotopic (exact) mass is 495 g/mol. The molecule has 3 rings (SSSR count). The van der Waals surface area contributed by atoms with Gasteiger partial charge in [-0.2, -0.15) is 9.57 Å². The number of piperidine rings is 1. The summed E-state index contributed by atoms with van der Waals surface area (Å²) in [7, 11) is -4.00. The van der Waals surface area contributed by atoms with Crippen LogP contribution in [0.4, 0.5) is 4.39 Å². The van der Waals surface area contributed by atoms with E-state index in [9.17, 15) is 13.2 Å². The Kier molecular flexibility index (Phi) is 7.57. The van der Waals surface area contributed by atoms with Gasteiger partial charge in [0, 0.05) is 59.7 Å². The van der Waals surface area contributed by atoms with Crippen molar-refractivity contribution < 1.29 is 17.6 Å². The lowest BCUT2D eigenvalue weighted by Gasteiger charge is -2.35. The Morgan fingerprint density at radius 1 is 1.19 bits per heavy atom. The first-order chi connectivity index (χ1) is 15.2. The van der Waals surface area contributed by atoms with E-state index in [1.807, 2.05) is 0 Å². The molecule has 0 aliphatic carbocycles. The van der Waals surface area contributed by atoms with E-state index in [0.717, 1.165) is 4.31 Å². The summed E-state index contributed by atoms with van der Waals surface area (Å²) < 4.78 is 43.1. The Morgan fingerprint density at radius 2 is 1.88 bits per heavy atom. The molecule has 1 N–H and O–H groups in total. The molecule has 0 spiro atoms. The molecule has 10 heteroatoms. The van der Waals surface area contributed by atoms with Crippen molar-refractivity contribution in [2.45, 2.75) is 23.4 Å². The molecular formula is C22H20Cl2FN3O3S. The molecule has 32 heavy (non-hydrogen) atoms. The maximum Gasteiger partial charge on any atom is 0.258 e. The van der Waals surface area contributed by atoms with Crippen LogP contribution in [0.15, 0.2) is 59.5 Å². The summed E-state index contributed by atoms with van der Waals surface area (Å²) in [6.45, 7) is -0.304. The van der Waals surface area contributed by atoms with Gasteiger partial charge in [0.1, 0.15) is 0 Å². The minimum absolute atomic E-state index is 0.00690. The highest BCUT2D eigenvalue weighted by molar-refractivity contribution is 7.89. The number of hydrogen-bond donors (Lipinski definition) is 1. The molecule has 1 aliphatic heterocycles. The van der Waals surface area contributed by atoms with Crippen LogP contribution < -0.4 is 5.32 Å². The van der Waals surface area contributed by atoms with Crippen LogP contribution in [0, 0.1) is 11.3 Å². The van der Waals surface area contributed by atoms with Gasteiger partial charge in [0.05, 0.1) is 11.0 Å². The van der Waals surface area contributed by atoms with Crippen LogP contribution in [-0.2, 0) is 14.8 Å². The summed E-state index contributed by atoms with van der Waals surface area (Å²) in [4.78, 5) is 12.2. The molecule has 0 atom stereocenters. The molecule has 1 heterocycles. The summed E-state index contributed by atoms with van der Waals surface area (Å²) >= 11 is 12.4. The predicted octanol–water partition coefficient (Wildman–Crippen LogP) is 4.35. The average Bonchev–Trinajstić information content (AvgIpc) is 2.77. The van der Waals surface area contributed by atoms with Crippen LogP contribution in [0.3, 0.4) is 0 Å². The Bertz CT molecular complexity index is 1190. The van der Waals surface area contributed by atoms with Gasteiger partial charge in [-0.25, -0.2) is 12.8 Å². The number of alkyl halides is 1. The van der Waals surface area contributed by atoms with E-state index in [2.05, 4.69) is 5.32 Å². The van der Waals surface area contributed by atoms with Crippen molar-refractivity contribution in [2.24, 2.45) is 0 Å². The van der Waals surface area contributed by atoms with E-state index in [1.165, 1.54) is 30.4 Å². The fourth-order valence-corrected chi connectivity index (χ4v) is 5.52. The minimum Gasteiger partial charge on any atom is -0.350 e. The molecule has 2 aromatic carbocycles. The molecule has 0 radical (unpaired) electrons. The van der Waals surface area contributed by atoms with E-state index in [-0.39, 0.29) is 37.4 Å². The number of benzene rings is 2. The number of nitrogens with one attached hydrogen (secondary N) is 1. The van der Waals surface area contributed by atoms with Crippen LogP contribution in [0.1, 0.15) is 12.8 Å². The lowest BCUT2D eigenvalue weighted by molar-refractivity contribution is -0.135. The number of carbonyl (C=O) groups excluding carboxylic acids is 1. The zero-order chi connectivity index (χ0) is 23.4. The second kappa shape index (κ2) is 10.0. The van der Waals surface area contributed by atoms with Crippen molar-refractivity contribution in [3.63, 3.8) is 0 Å². The first-order valence-corrected chi connectivity index (χ1v) is 11.9. The number of rotatable bonds is 6. The highest BCUT2D eigenvalue weighted by Crippen LogP contribution is 2.37. The van der Waals surface area contributed by atoms with Crippen molar-refractivity contribution in [3.05, 3.63) is 64.7 Å². The van der Waals surface area contributed by atoms with E-state index in [4.69, 9.17) is 28.5 Å². The third kappa shape index (κ3) is 5.13. The number of allylic oxidation sites excluding steroid dienone is 1. The van der Waals surface area contributed by atoms with Gasteiger partial charge in [0.2, 0.25) is 10.0 Å². The van der Waals surface area contributed by atoms with Crippen molar-refractivity contribution in [1.29, 1.82) is 5.26 Å². The highest BCUT2D eigenvalue weighted by atomic mass is 35.5. The maximum absolute atomic E-state index is 15.1. The molecule has 0 unspecified atom stereocenters. The smallest absolute Gasteiger partial charge is 0.258 e. The van der Waals surface area contributed by atoms with E-state index in [0.29, 0.717) is 21.2 Å². The van der Waals surface area contributed by atoms with Gasteiger partial charge >= 0.3 is 0 Å². The minimum atomic E-state index is -4.00. The van der Waals surface area contributed by atoms with Crippen LogP contribution in [0.25, 0.3) is 11.1 Å². The Balaban J connectivity index is 1.83. The number of sulfonamides is 1. The summed E-state index contributed by atoms with van der Waals surface area (Å²) in [5, 5.41) is 11.6. The van der Waals surface area contributed by atoms with Crippen LogP contribution in [0.5, 0.6) is 0 Å². The average molecular weight is 496 g/mol. The van der Waals surface area contributed by atoms with Gasteiger partial charge in [-0.05, 0) is 24.3 Å². The normalized spacial score (nSPS) is 16.6. The van der Waals surface area contributed by atoms with Gasteiger partial charge in [-0.1, -0.05) is 47.5 Å². The van der Waals surface area contributed by atoms with E-state index < -0.39 is 21.6 Å². The molecule has 1 saturated heterocycles. The van der Waals surface area contributed by atoms with Crippen molar-refractivity contribution in [2.75, 3.05) is 19.6 Å². The van der Waals surface area contributed by atoms with Gasteiger partial charge in [-0.3, -0.25) is 4.79 Å². The Labute approximate surface area is 196 Å². The standard InChI is InChI=1S/C22H20Cl2FN3O3S/c23-16-7-8-20(18(15-16)17-5-1-2-6-19(17)24)32(30,31)28-13-9-22(25,10-14-28)21(29)27-12-4-3-11-26/h1-8,15H,9-10,12-14H2,(H,27,29)/b4-3+. The van der Waals surface area contributed by atoms with Gasteiger partial charge in [0.15, 0.2) is 5.67 Å². The lowest BCUT2D eigenvalue weighted by Crippen LogP contribution is -2.52. The topological polar surface area (TPSA) is 90.3 Å². The van der Waals surface area contributed by atoms with E-state index in [1.54, 1.807) is 30.3 Å². The number of carbonyl (C=O) groups is 1. The van der Waals surface area contributed by atoms with Crippen LogP contribution in [0.2, 0.25) is 10.0 Å². The zero-order valence-corrected chi connectivity index (χ0v) is 19.2. The molecule has 6 nitrogen and oxygen atoms in total. The molecule has 0 aromatic heterocycles. The number of halogens is 3. The third-order valence-corrected chi connectivity index (χ3v) is 7.74. The molecule has 1 aliphatic rings. The number of nitrogens with zero attached hydrogens (tertiary/aromatic N) is 2. The number of amides is 1. The molecule has 1 amide bonds. The van der Waals surface area contributed by atoms with Crippen molar-refractivity contribution in [1.82, 2.24) is 9.62 Å². The highest BCUT2D eigenvalue weighted by Gasteiger charge is 2.44. The second-order valence-electron chi connectivity index (χ2n) is 7.23. The largest absolute Gasteiger partial charge is 0.350 e. The number of hydrogen-bond acceptors (Lipinski definition) is 4. The SMILES string of the molecule is N#C/C=C/CNC(=O)C1(F)CCN(S(=O)(=O)c2ccc(Cl)cc2-c2ccccc2Cl)CC1. The predicted molar refractivity (Wildman–Crippen MR) is 121 cm³/mol. The Morgan fingerprint density at radius 3 is 2.53 bits per heavy atom. The molecule has 1 fully saturated rings. The molecule has 0 bridgehead atoms. The van der Waals surface area contributed by atoms with Crippen molar-refractivity contribution in [3.8, 4) is 17.2 Å². The zero-order valence-electron chi connectivity index (χ0n) is 16.9. The summed E-state index contributed by atoms with van der Waals surface area (Å²) in [5.41, 5.74) is -1.32. The summed E-state index contributed by atoms with van der Waals surface area (Å²) in [6.07, 6.45) is 2.02. The Hall–Kier alpha value is -2.44. The quantitative estimate of drug-likeness (QED) is 0.603. The van der Waals surface area contributed by atoms with Crippen molar-refractivity contribution >= 4 is 39.1 Å². The fourth-order valence-electron chi connectivity index (χ4n) is 3.49. The molecule has 0 saturated carbocycles. The van der Waals surface area contributed by atoms with Crippen LogP contribution in [-0.4, -0.2) is 43.9 Å². The molecule has 168 valence electrons. The molecular weight excluding hydrogens is 476 g/mol. The summed E-state index contributed by atoms with van der Waals surface area (Å²) in [6, 6.07) is 13.0. The van der Waals surface area contributed by atoms with Gasteiger partial charge in [-0.15, -0.1) is 0 Å². The number of nitriles is 1. The van der Waals surface area contributed by atoms with E-state index >= 15 is 4.39 Å².